The molecule has 1 nitrogen and oxygen atoms in total. The highest BCUT2D eigenvalue weighted by molar-refractivity contribution is 9.09. The first-order valence-electron chi connectivity index (χ1n) is 6.81. The largest absolute Gasteiger partial charge is 0.493 e. The van der Waals surface area contributed by atoms with Crippen molar-refractivity contribution in [3.63, 3.8) is 0 Å². The van der Waals surface area contributed by atoms with Crippen LogP contribution in [-0.2, 0) is 6.42 Å². The van der Waals surface area contributed by atoms with E-state index in [0.717, 1.165) is 35.8 Å². The summed E-state index contributed by atoms with van der Waals surface area (Å²) in [5.41, 5.74) is 4.80. The number of fused-ring (bicyclic) bond motifs is 1. The highest BCUT2D eigenvalue weighted by atomic mass is 79.9. The van der Waals surface area contributed by atoms with E-state index in [1.54, 1.807) is 0 Å². The zero-order chi connectivity index (χ0) is 14.1. The van der Waals surface area contributed by atoms with E-state index in [4.69, 9.17) is 16.3 Å². The number of hydrogen-bond acceptors (Lipinski definition) is 1. The lowest BCUT2D eigenvalue weighted by Gasteiger charge is -2.20. The lowest BCUT2D eigenvalue weighted by atomic mass is 9.98. The molecule has 0 bridgehead atoms. The van der Waals surface area contributed by atoms with Gasteiger partial charge in [0.2, 0.25) is 0 Å². The van der Waals surface area contributed by atoms with Crippen LogP contribution < -0.4 is 4.74 Å². The number of benzene rings is 2. The number of rotatable bonds is 2. The lowest BCUT2D eigenvalue weighted by Crippen LogP contribution is -2.09. The van der Waals surface area contributed by atoms with Crippen molar-refractivity contribution in [1.82, 2.24) is 0 Å². The molecule has 0 saturated heterocycles. The van der Waals surface area contributed by atoms with Crippen LogP contribution in [0.4, 0.5) is 0 Å². The topological polar surface area (TPSA) is 9.23 Å². The monoisotopic (exact) mass is 350 g/mol. The Morgan fingerprint density at radius 2 is 2.05 bits per heavy atom. The summed E-state index contributed by atoms with van der Waals surface area (Å²) in [4.78, 5) is 0.114. The van der Waals surface area contributed by atoms with Gasteiger partial charge >= 0.3 is 0 Å². The average Bonchev–Trinajstić information content (AvgIpc) is 2.46. The molecule has 0 saturated carbocycles. The summed E-state index contributed by atoms with van der Waals surface area (Å²) in [6, 6.07) is 12.6. The molecule has 0 fully saturated rings. The highest BCUT2D eigenvalue weighted by Gasteiger charge is 2.17. The van der Waals surface area contributed by atoms with E-state index in [1.165, 1.54) is 16.7 Å². The molecule has 0 radical (unpaired) electrons. The smallest absolute Gasteiger partial charge is 0.122 e. The van der Waals surface area contributed by atoms with Crippen molar-refractivity contribution in [2.75, 3.05) is 6.61 Å². The molecule has 0 spiro atoms. The highest BCUT2D eigenvalue weighted by Crippen LogP contribution is 2.38. The van der Waals surface area contributed by atoms with Crippen molar-refractivity contribution in [3.8, 4) is 5.75 Å². The Hall–Kier alpha value is -0.990. The fraction of sp³-hybridized carbons (Fsp3) is 0.294. The van der Waals surface area contributed by atoms with Crippen LogP contribution in [0.15, 0.2) is 36.4 Å². The maximum atomic E-state index is 6.36. The Labute approximate surface area is 133 Å². The van der Waals surface area contributed by atoms with E-state index in [-0.39, 0.29) is 4.83 Å². The van der Waals surface area contributed by atoms with Crippen molar-refractivity contribution in [1.29, 1.82) is 0 Å². The third-order valence-electron chi connectivity index (χ3n) is 3.65. The van der Waals surface area contributed by atoms with Crippen LogP contribution in [0.2, 0.25) is 5.02 Å². The molecule has 2 aromatic rings. The third kappa shape index (κ3) is 2.72. The molecule has 0 N–H and O–H groups in total. The number of aryl methyl sites for hydroxylation is 2. The SMILES string of the molecule is Cc1ccc(C(Br)c2ccc3c(c2)CCCO3)c(Cl)c1. The molecule has 20 heavy (non-hydrogen) atoms. The van der Waals surface area contributed by atoms with Gasteiger partial charge in [-0.25, -0.2) is 0 Å². The van der Waals surface area contributed by atoms with Gasteiger partial charge in [0, 0.05) is 5.02 Å². The van der Waals surface area contributed by atoms with Crippen molar-refractivity contribution in [2.24, 2.45) is 0 Å². The van der Waals surface area contributed by atoms with Gasteiger partial charge in [0.1, 0.15) is 5.75 Å². The molecule has 0 aliphatic carbocycles. The Morgan fingerprint density at radius 3 is 2.85 bits per heavy atom. The quantitative estimate of drug-likeness (QED) is 0.653. The number of alkyl halides is 1. The molecular formula is C17H16BrClO. The predicted octanol–water partition coefficient (Wildman–Crippen LogP) is 5.46. The van der Waals surface area contributed by atoms with Gasteiger partial charge in [-0.1, -0.05) is 51.8 Å². The second-order valence-electron chi connectivity index (χ2n) is 5.21. The predicted molar refractivity (Wildman–Crippen MR) is 87.2 cm³/mol. The minimum Gasteiger partial charge on any atom is -0.493 e. The van der Waals surface area contributed by atoms with Crippen LogP contribution in [0, 0.1) is 6.92 Å². The molecule has 1 heterocycles. The van der Waals surface area contributed by atoms with Crippen LogP contribution >= 0.6 is 27.5 Å². The molecule has 1 aliphatic rings. The van der Waals surface area contributed by atoms with Crippen LogP contribution in [0.3, 0.4) is 0 Å². The van der Waals surface area contributed by atoms with Gasteiger partial charge in [0.05, 0.1) is 11.4 Å². The molecule has 1 unspecified atom stereocenters. The fourth-order valence-electron chi connectivity index (χ4n) is 2.56. The van der Waals surface area contributed by atoms with E-state index in [2.05, 4.69) is 53.2 Å². The van der Waals surface area contributed by atoms with Gasteiger partial charge < -0.3 is 4.74 Å². The molecule has 0 aromatic heterocycles. The fourth-order valence-corrected chi connectivity index (χ4v) is 3.72. The lowest BCUT2D eigenvalue weighted by molar-refractivity contribution is 0.288. The molecule has 3 heteroatoms. The summed E-state index contributed by atoms with van der Waals surface area (Å²) in [5, 5.41) is 0.806. The molecular weight excluding hydrogens is 336 g/mol. The van der Waals surface area contributed by atoms with Gasteiger partial charge in [0.25, 0.3) is 0 Å². The van der Waals surface area contributed by atoms with Gasteiger partial charge in [-0.2, -0.15) is 0 Å². The Bertz CT molecular complexity index is 639. The van der Waals surface area contributed by atoms with Crippen molar-refractivity contribution < 1.29 is 4.74 Å². The van der Waals surface area contributed by atoms with E-state index in [9.17, 15) is 0 Å². The summed E-state index contributed by atoms with van der Waals surface area (Å²) in [5.74, 6) is 1.02. The molecule has 104 valence electrons. The first-order chi connectivity index (χ1) is 9.65. The van der Waals surface area contributed by atoms with Gasteiger partial charge in [-0.15, -0.1) is 0 Å². The van der Waals surface area contributed by atoms with Crippen molar-refractivity contribution in [2.45, 2.75) is 24.6 Å². The summed E-state index contributed by atoms with van der Waals surface area (Å²) in [6.07, 6.45) is 2.18. The van der Waals surface area contributed by atoms with E-state index in [0.29, 0.717) is 0 Å². The first-order valence-corrected chi connectivity index (χ1v) is 8.10. The zero-order valence-electron chi connectivity index (χ0n) is 11.3. The molecule has 1 atom stereocenters. The molecule has 1 aliphatic heterocycles. The summed E-state index contributed by atoms with van der Waals surface area (Å²) in [6.45, 7) is 2.88. The first kappa shape index (κ1) is 14.0. The third-order valence-corrected chi connectivity index (χ3v) is 5.00. The second kappa shape index (κ2) is 5.79. The molecule has 3 rings (SSSR count). The Kier molecular flexibility index (Phi) is 4.04. The van der Waals surface area contributed by atoms with Crippen LogP contribution in [0.25, 0.3) is 0 Å². The van der Waals surface area contributed by atoms with Gasteiger partial charge in [-0.05, 0) is 54.2 Å². The van der Waals surface area contributed by atoms with E-state index >= 15 is 0 Å². The standard InChI is InChI=1S/C17H16BrClO/c1-11-4-6-14(15(19)9-11)17(18)13-5-7-16-12(10-13)3-2-8-20-16/h4-7,9-10,17H,2-3,8H2,1H3. The van der Waals surface area contributed by atoms with E-state index < -0.39 is 0 Å². The van der Waals surface area contributed by atoms with E-state index in [1.807, 2.05) is 6.07 Å². The Morgan fingerprint density at radius 1 is 1.20 bits per heavy atom. The maximum Gasteiger partial charge on any atom is 0.122 e. The van der Waals surface area contributed by atoms with Crippen molar-refractivity contribution >= 4 is 27.5 Å². The normalized spacial score (nSPS) is 15.3. The summed E-state index contributed by atoms with van der Waals surface area (Å²) in [7, 11) is 0. The van der Waals surface area contributed by atoms with Gasteiger partial charge in [0.15, 0.2) is 0 Å². The number of halogens is 2. The van der Waals surface area contributed by atoms with Crippen LogP contribution in [0.5, 0.6) is 5.75 Å². The minimum absolute atomic E-state index is 0.114. The van der Waals surface area contributed by atoms with Gasteiger partial charge in [-0.3, -0.25) is 0 Å². The minimum atomic E-state index is 0.114. The van der Waals surface area contributed by atoms with Crippen LogP contribution in [-0.4, -0.2) is 6.61 Å². The number of ether oxygens (including phenoxy) is 1. The summed E-state index contributed by atoms with van der Waals surface area (Å²) < 4.78 is 5.66. The summed E-state index contributed by atoms with van der Waals surface area (Å²) >= 11 is 10.1. The second-order valence-corrected chi connectivity index (χ2v) is 6.53. The number of hydrogen-bond donors (Lipinski definition) is 0. The maximum absolute atomic E-state index is 6.36. The zero-order valence-corrected chi connectivity index (χ0v) is 13.7. The Balaban J connectivity index is 1.95. The molecule has 2 aromatic carbocycles. The average molecular weight is 352 g/mol. The molecule has 0 amide bonds. The van der Waals surface area contributed by atoms with Crippen LogP contribution in [0.1, 0.15) is 33.5 Å². The van der Waals surface area contributed by atoms with Crippen molar-refractivity contribution in [3.05, 3.63) is 63.7 Å².